The van der Waals surface area contributed by atoms with E-state index in [9.17, 15) is 5.26 Å². The number of rotatable bonds is 5. The number of aromatic nitrogens is 2. The van der Waals surface area contributed by atoms with Gasteiger partial charge in [0, 0.05) is 15.6 Å². The van der Waals surface area contributed by atoms with Gasteiger partial charge in [-0.25, -0.2) is 0 Å². The summed E-state index contributed by atoms with van der Waals surface area (Å²) in [5, 5.41) is 18.5. The van der Waals surface area contributed by atoms with Gasteiger partial charge in [-0.15, -0.1) is 5.10 Å². The molecule has 0 spiro atoms. The highest BCUT2D eigenvalue weighted by Gasteiger charge is 2.35. The Kier molecular flexibility index (Phi) is 5.89. The van der Waals surface area contributed by atoms with E-state index in [0.717, 1.165) is 27.9 Å². The zero-order valence-electron chi connectivity index (χ0n) is 17.8. The van der Waals surface area contributed by atoms with Crippen molar-refractivity contribution in [1.82, 2.24) is 10.2 Å². The van der Waals surface area contributed by atoms with Crippen LogP contribution in [0.5, 0.6) is 11.6 Å². The van der Waals surface area contributed by atoms with E-state index >= 15 is 0 Å². The third-order valence-electron chi connectivity index (χ3n) is 5.58. The minimum atomic E-state index is -0.458. The van der Waals surface area contributed by atoms with E-state index in [1.807, 2.05) is 60.7 Å². The number of nitriles is 1. The number of hydrogen-bond donors (Lipinski definition) is 2. The van der Waals surface area contributed by atoms with Crippen LogP contribution >= 0.6 is 23.2 Å². The molecule has 3 aromatic carbocycles. The molecule has 4 aromatic rings. The fourth-order valence-corrected chi connectivity index (χ4v) is 4.30. The van der Waals surface area contributed by atoms with Crippen LogP contribution < -0.4 is 15.2 Å². The largest absolute Gasteiger partial charge is 0.489 e. The Morgan fingerprint density at radius 3 is 2.50 bits per heavy atom. The van der Waals surface area contributed by atoms with Gasteiger partial charge in [-0.3, -0.25) is 5.10 Å². The fraction of sp³-hybridized carbons (Fsp3) is 0.0769. The molecule has 3 N–H and O–H groups in total. The Balaban J connectivity index is 1.48. The van der Waals surface area contributed by atoms with E-state index in [2.05, 4.69) is 16.3 Å². The molecule has 34 heavy (non-hydrogen) atoms. The van der Waals surface area contributed by atoms with Gasteiger partial charge in [0.2, 0.25) is 11.8 Å². The van der Waals surface area contributed by atoms with Crippen molar-refractivity contribution < 1.29 is 9.47 Å². The third kappa shape index (κ3) is 4.19. The summed E-state index contributed by atoms with van der Waals surface area (Å²) in [7, 11) is 0. The number of hydrogen-bond acceptors (Lipinski definition) is 5. The molecule has 5 rings (SSSR count). The van der Waals surface area contributed by atoms with Crippen molar-refractivity contribution in [3.05, 3.63) is 111 Å². The van der Waals surface area contributed by atoms with Crippen LogP contribution in [0.2, 0.25) is 10.0 Å². The molecule has 0 radical (unpaired) electrons. The van der Waals surface area contributed by atoms with Gasteiger partial charge in [-0.2, -0.15) is 5.26 Å². The summed E-state index contributed by atoms with van der Waals surface area (Å²) in [4.78, 5) is 0. The van der Waals surface area contributed by atoms with Crippen molar-refractivity contribution in [2.45, 2.75) is 12.5 Å². The fourth-order valence-electron chi connectivity index (χ4n) is 3.96. The number of aromatic amines is 1. The van der Waals surface area contributed by atoms with Crippen molar-refractivity contribution in [1.29, 1.82) is 5.26 Å². The molecule has 0 amide bonds. The van der Waals surface area contributed by atoms with Gasteiger partial charge in [-0.05, 0) is 47.5 Å². The van der Waals surface area contributed by atoms with Gasteiger partial charge in [0.25, 0.3) is 0 Å². The third-order valence-corrected chi connectivity index (χ3v) is 6.07. The predicted molar refractivity (Wildman–Crippen MR) is 131 cm³/mol. The lowest BCUT2D eigenvalue weighted by molar-refractivity contribution is 0.306. The summed E-state index contributed by atoms with van der Waals surface area (Å²) >= 11 is 12.1. The quantitative estimate of drug-likeness (QED) is 0.349. The van der Waals surface area contributed by atoms with E-state index in [0.29, 0.717) is 33.9 Å². The van der Waals surface area contributed by atoms with Gasteiger partial charge in [-0.1, -0.05) is 59.6 Å². The molecule has 1 atom stereocenters. The highest BCUT2D eigenvalue weighted by Crippen LogP contribution is 2.45. The molecule has 1 aliphatic rings. The summed E-state index contributed by atoms with van der Waals surface area (Å²) in [6.07, 6.45) is 0. The molecule has 0 saturated carbocycles. The Morgan fingerprint density at radius 1 is 1.03 bits per heavy atom. The summed E-state index contributed by atoms with van der Waals surface area (Å²) < 4.78 is 11.6. The monoisotopic (exact) mass is 488 g/mol. The number of halogens is 2. The molecule has 1 unspecified atom stereocenters. The van der Waals surface area contributed by atoms with Gasteiger partial charge in [0.1, 0.15) is 24.0 Å². The van der Waals surface area contributed by atoms with E-state index < -0.39 is 5.92 Å². The van der Waals surface area contributed by atoms with E-state index in [1.54, 1.807) is 12.1 Å². The maximum atomic E-state index is 9.89. The van der Waals surface area contributed by atoms with Crippen LogP contribution in [0.1, 0.15) is 22.6 Å². The van der Waals surface area contributed by atoms with E-state index in [1.165, 1.54) is 0 Å². The Hall–Kier alpha value is -3.92. The first-order valence-electron chi connectivity index (χ1n) is 10.4. The maximum Gasteiger partial charge on any atom is 0.244 e. The number of H-pyrrole nitrogens is 1. The predicted octanol–water partition coefficient (Wildman–Crippen LogP) is 6.18. The minimum Gasteiger partial charge on any atom is -0.489 e. The highest BCUT2D eigenvalue weighted by molar-refractivity contribution is 6.30. The molecule has 2 heterocycles. The molecular weight excluding hydrogens is 471 g/mol. The van der Waals surface area contributed by atoms with Crippen molar-refractivity contribution in [2.75, 3.05) is 0 Å². The number of nitrogens with one attached hydrogen (secondary N) is 1. The Morgan fingerprint density at radius 2 is 1.79 bits per heavy atom. The Bertz CT molecular complexity index is 1420. The zero-order chi connectivity index (χ0) is 23.7. The van der Waals surface area contributed by atoms with Crippen LogP contribution in [0.15, 0.2) is 84.3 Å². The van der Waals surface area contributed by atoms with Crippen molar-refractivity contribution >= 4 is 23.2 Å². The number of nitrogens with two attached hydrogens (primary N) is 1. The minimum absolute atomic E-state index is 0.0374. The van der Waals surface area contributed by atoms with Crippen LogP contribution in [0, 0.1) is 11.3 Å². The van der Waals surface area contributed by atoms with Crippen LogP contribution in [0.3, 0.4) is 0 Å². The van der Waals surface area contributed by atoms with Gasteiger partial charge in [0.05, 0.1) is 17.2 Å². The smallest absolute Gasteiger partial charge is 0.244 e. The second-order valence-electron chi connectivity index (χ2n) is 7.74. The number of benzene rings is 3. The first-order valence-corrected chi connectivity index (χ1v) is 11.2. The molecule has 0 saturated heterocycles. The average molecular weight is 489 g/mol. The van der Waals surface area contributed by atoms with Crippen LogP contribution in [-0.4, -0.2) is 10.2 Å². The molecular formula is C26H18Cl2N4O2. The lowest BCUT2D eigenvalue weighted by Crippen LogP contribution is -2.21. The SMILES string of the molecule is N#CC1=C(N)Oc2n[nH]c(-c3ccc(Cl)cc3)c2C1c1ccc(OCc2cccc(Cl)c2)cc1. The molecule has 0 fully saturated rings. The molecule has 1 aromatic heterocycles. The van der Waals surface area contributed by atoms with E-state index in [-0.39, 0.29) is 5.88 Å². The van der Waals surface area contributed by atoms with Gasteiger partial charge in [0.15, 0.2) is 0 Å². The Labute approximate surface area is 206 Å². The number of ether oxygens (including phenoxy) is 2. The second-order valence-corrected chi connectivity index (χ2v) is 8.61. The lowest BCUT2D eigenvalue weighted by Gasteiger charge is -2.24. The molecule has 168 valence electrons. The maximum absolute atomic E-state index is 9.89. The average Bonchev–Trinajstić information content (AvgIpc) is 3.26. The molecule has 8 heteroatoms. The molecule has 1 aliphatic heterocycles. The van der Waals surface area contributed by atoms with E-state index in [4.69, 9.17) is 38.4 Å². The van der Waals surface area contributed by atoms with Crippen molar-refractivity contribution in [2.24, 2.45) is 5.73 Å². The highest BCUT2D eigenvalue weighted by atomic mass is 35.5. The van der Waals surface area contributed by atoms with Gasteiger partial charge < -0.3 is 15.2 Å². The topological polar surface area (TPSA) is 97.0 Å². The standard InChI is InChI=1S/C26H18Cl2N4O2/c27-18-8-4-17(5-9-18)24-23-22(21(13-29)25(30)34-26(23)32-31-24)16-6-10-20(11-7-16)33-14-15-2-1-3-19(28)12-15/h1-12,22H,14,30H2,(H,31,32). The zero-order valence-corrected chi connectivity index (χ0v) is 19.3. The van der Waals surface area contributed by atoms with Crippen LogP contribution in [0.4, 0.5) is 0 Å². The molecule has 0 bridgehead atoms. The lowest BCUT2D eigenvalue weighted by atomic mass is 9.83. The first kappa shape index (κ1) is 21.9. The number of fused-ring (bicyclic) bond motifs is 1. The summed E-state index contributed by atoms with van der Waals surface area (Å²) in [5.74, 6) is 0.611. The normalized spacial score (nSPS) is 14.8. The number of nitrogens with zero attached hydrogens (tertiary/aromatic N) is 2. The van der Waals surface area contributed by atoms with Crippen LogP contribution in [0.25, 0.3) is 11.3 Å². The first-order chi connectivity index (χ1) is 16.5. The number of allylic oxidation sites excluding steroid dienone is 1. The molecule has 0 aliphatic carbocycles. The molecule has 6 nitrogen and oxygen atoms in total. The summed E-state index contributed by atoms with van der Waals surface area (Å²) in [6.45, 7) is 0.389. The summed E-state index contributed by atoms with van der Waals surface area (Å²) in [6, 6.07) is 24.6. The van der Waals surface area contributed by atoms with Gasteiger partial charge >= 0.3 is 0 Å². The summed E-state index contributed by atoms with van der Waals surface area (Å²) in [5.41, 5.74) is 10.6. The second kappa shape index (κ2) is 9.14. The van der Waals surface area contributed by atoms with Crippen molar-refractivity contribution in [3.8, 4) is 29.0 Å². The van der Waals surface area contributed by atoms with Crippen molar-refractivity contribution in [3.63, 3.8) is 0 Å². The van der Waals surface area contributed by atoms with Crippen LogP contribution in [-0.2, 0) is 6.61 Å².